The van der Waals surface area contributed by atoms with Crippen molar-refractivity contribution in [3.63, 3.8) is 0 Å². The van der Waals surface area contributed by atoms with Gasteiger partial charge in [0.1, 0.15) is 0 Å². The summed E-state index contributed by atoms with van der Waals surface area (Å²) in [5.41, 5.74) is 1.42. The first kappa shape index (κ1) is 14.2. The average Bonchev–Trinajstić information content (AvgIpc) is 3.18. The maximum atomic E-state index is 4.73. The minimum Gasteiger partial charge on any atom is -0.343 e. The third-order valence-corrected chi connectivity index (χ3v) is 4.02. The third-order valence-electron chi connectivity index (χ3n) is 4.02. The standard InChI is InChI=1S/C16H22N4O/c1-2-4-14(5-3-1)7-10-20-11-8-15(12-20)17-9-6-16-18-13-21-19-16/h1-5,13,15,17H,6-12H2. The van der Waals surface area contributed by atoms with Crippen LogP contribution in [0.1, 0.15) is 17.8 Å². The lowest BCUT2D eigenvalue weighted by atomic mass is 10.1. The van der Waals surface area contributed by atoms with Crippen LogP contribution in [-0.4, -0.2) is 47.3 Å². The number of aromatic nitrogens is 2. The molecule has 112 valence electrons. The Morgan fingerprint density at radius 1 is 1.24 bits per heavy atom. The number of nitrogens with zero attached hydrogens (tertiary/aromatic N) is 3. The molecule has 2 heterocycles. The van der Waals surface area contributed by atoms with Crippen LogP contribution in [0.3, 0.4) is 0 Å². The second-order valence-electron chi connectivity index (χ2n) is 5.57. The Labute approximate surface area is 125 Å². The van der Waals surface area contributed by atoms with Gasteiger partial charge in [-0.05, 0) is 24.9 Å². The molecule has 0 bridgehead atoms. The van der Waals surface area contributed by atoms with E-state index in [1.807, 2.05) is 0 Å². The van der Waals surface area contributed by atoms with Gasteiger partial charge in [-0.1, -0.05) is 35.5 Å². The summed E-state index contributed by atoms with van der Waals surface area (Å²) in [5, 5.41) is 7.41. The Hall–Kier alpha value is -1.72. The number of nitrogens with one attached hydrogen (secondary N) is 1. The number of hydrogen-bond donors (Lipinski definition) is 1. The van der Waals surface area contributed by atoms with Gasteiger partial charge in [0, 0.05) is 32.1 Å². The third kappa shape index (κ3) is 4.37. The lowest BCUT2D eigenvalue weighted by molar-refractivity contribution is 0.331. The molecule has 1 aliphatic heterocycles. The van der Waals surface area contributed by atoms with Gasteiger partial charge in [-0.15, -0.1) is 0 Å². The van der Waals surface area contributed by atoms with Crippen LogP contribution in [0.15, 0.2) is 41.2 Å². The Bertz CT molecular complexity index is 514. The summed E-state index contributed by atoms with van der Waals surface area (Å²) < 4.78 is 4.73. The van der Waals surface area contributed by atoms with E-state index in [4.69, 9.17) is 4.52 Å². The Morgan fingerprint density at radius 2 is 2.14 bits per heavy atom. The summed E-state index contributed by atoms with van der Waals surface area (Å²) in [4.78, 5) is 6.57. The molecule has 0 aliphatic carbocycles. The SMILES string of the molecule is c1ccc(CCN2CCC(NCCc3ncon3)C2)cc1. The highest BCUT2D eigenvalue weighted by Gasteiger charge is 2.21. The van der Waals surface area contributed by atoms with Gasteiger partial charge in [0.05, 0.1) is 0 Å². The molecule has 1 aliphatic rings. The molecule has 3 rings (SSSR count). The summed E-state index contributed by atoms with van der Waals surface area (Å²) in [5.74, 6) is 0.779. The highest BCUT2D eigenvalue weighted by Crippen LogP contribution is 2.10. The molecule has 0 spiro atoms. The molecule has 1 aromatic carbocycles. The Balaban J connectivity index is 1.33. The molecule has 0 radical (unpaired) electrons. The molecule has 5 nitrogen and oxygen atoms in total. The van der Waals surface area contributed by atoms with Crippen LogP contribution in [0.25, 0.3) is 0 Å². The molecule has 5 heteroatoms. The maximum Gasteiger partial charge on any atom is 0.213 e. The van der Waals surface area contributed by atoms with Crippen molar-refractivity contribution >= 4 is 0 Å². The van der Waals surface area contributed by atoms with Crippen molar-refractivity contribution in [3.05, 3.63) is 48.1 Å². The molecule has 1 fully saturated rings. The van der Waals surface area contributed by atoms with Gasteiger partial charge in [-0.25, -0.2) is 0 Å². The summed E-state index contributed by atoms with van der Waals surface area (Å²) in [7, 11) is 0. The van der Waals surface area contributed by atoms with Gasteiger partial charge in [0.25, 0.3) is 0 Å². The van der Waals surface area contributed by atoms with Crippen LogP contribution in [0.5, 0.6) is 0 Å². The van der Waals surface area contributed by atoms with E-state index >= 15 is 0 Å². The number of likely N-dealkylation sites (tertiary alicyclic amines) is 1. The first-order valence-electron chi connectivity index (χ1n) is 7.65. The van der Waals surface area contributed by atoms with Crippen molar-refractivity contribution in [1.82, 2.24) is 20.4 Å². The van der Waals surface area contributed by atoms with Crippen LogP contribution in [-0.2, 0) is 12.8 Å². The van der Waals surface area contributed by atoms with Crippen molar-refractivity contribution in [2.24, 2.45) is 0 Å². The zero-order chi connectivity index (χ0) is 14.3. The second kappa shape index (κ2) is 7.33. The zero-order valence-corrected chi connectivity index (χ0v) is 12.2. The monoisotopic (exact) mass is 286 g/mol. The summed E-state index contributed by atoms with van der Waals surface area (Å²) in [6.45, 7) is 4.38. The molecule has 2 aromatic rings. The van der Waals surface area contributed by atoms with E-state index in [2.05, 4.69) is 50.7 Å². The van der Waals surface area contributed by atoms with Crippen LogP contribution < -0.4 is 5.32 Å². The van der Waals surface area contributed by atoms with Crippen molar-refractivity contribution in [1.29, 1.82) is 0 Å². The molecular weight excluding hydrogens is 264 g/mol. The number of rotatable bonds is 7. The lowest BCUT2D eigenvalue weighted by Gasteiger charge is -2.16. The van der Waals surface area contributed by atoms with Gasteiger partial charge in [-0.3, -0.25) is 0 Å². The van der Waals surface area contributed by atoms with Crippen molar-refractivity contribution in [2.75, 3.05) is 26.2 Å². The van der Waals surface area contributed by atoms with E-state index < -0.39 is 0 Å². The average molecular weight is 286 g/mol. The molecule has 21 heavy (non-hydrogen) atoms. The van der Waals surface area contributed by atoms with Crippen molar-refractivity contribution < 1.29 is 4.52 Å². The Morgan fingerprint density at radius 3 is 2.95 bits per heavy atom. The lowest BCUT2D eigenvalue weighted by Crippen LogP contribution is -2.34. The second-order valence-corrected chi connectivity index (χ2v) is 5.57. The fourth-order valence-corrected chi connectivity index (χ4v) is 2.82. The molecular formula is C16H22N4O. The molecule has 0 amide bonds. The number of benzene rings is 1. The van der Waals surface area contributed by atoms with Gasteiger partial charge >= 0.3 is 0 Å². The van der Waals surface area contributed by atoms with Crippen LogP contribution >= 0.6 is 0 Å². The smallest absolute Gasteiger partial charge is 0.213 e. The molecule has 1 aromatic heterocycles. The van der Waals surface area contributed by atoms with Gasteiger partial charge in [0.15, 0.2) is 5.82 Å². The fraction of sp³-hybridized carbons (Fsp3) is 0.500. The van der Waals surface area contributed by atoms with E-state index in [0.717, 1.165) is 38.3 Å². The van der Waals surface area contributed by atoms with E-state index in [1.165, 1.54) is 24.9 Å². The van der Waals surface area contributed by atoms with Gasteiger partial charge in [0.2, 0.25) is 6.39 Å². The predicted molar refractivity (Wildman–Crippen MR) is 81.0 cm³/mol. The zero-order valence-electron chi connectivity index (χ0n) is 12.2. The van der Waals surface area contributed by atoms with Crippen molar-refractivity contribution in [3.8, 4) is 0 Å². The minimum absolute atomic E-state index is 0.590. The van der Waals surface area contributed by atoms with Gasteiger partial charge in [-0.2, -0.15) is 4.98 Å². The first-order chi connectivity index (χ1) is 10.4. The predicted octanol–water partition coefficient (Wildman–Crippen LogP) is 1.52. The largest absolute Gasteiger partial charge is 0.343 e. The fourth-order valence-electron chi connectivity index (χ4n) is 2.82. The topological polar surface area (TPSA) is 54.2 Å². The van der Waals surface area contributed by atoms with E-state index in [0.29, 0.717) is 6.04 Å². The molecule has 1 N–H and O–H groups in total. The highest BCUT2D eigenvalue weighted by molar-refractivity contribution is 5.14. The van der Waals surface area contributed by atoms with E-state index in [9.17, 15) is 0 Å². The molecule has 1 atom stereocenters. The quantitative estimate of drug-likeness (QED) is 0.836. The molecule has 1 unspecified atom stereocenters. The summed E-state index contributed by atoms with van der Waals surface area (Å²) in [6.07, 6.45) is 4.57. The van der Waals surface area contributed by atoms with Crippen LogP contribution in [0.2, 0.25) is 0 Å². The molecule has 1 saturated heterocycles. The minimum atomic E-state index is 0.590. The van der Waals surface area contributed by atoms with Gasteiger partial charge < -0.3 is 14.7 Å². The van der Waals surface area contributed by atoms with Crippen LogP contribution in [0, 0.1) is 0 Å². The van der Waals surface area contributed by atoms with Crippen molar-refractivity contribution in [2.45, 2.75) is 25.3 Å². The highest BCUT2D eigenvalue weighted by atomic mass is 16.5. The maximum absolute atomic E-state index is 4.73. The first-order valence-corrected chi connectivity index (χ1v) is 7.65. The van der Waals surface area contributed by atoms with E-state index in [-0.39, 0.29) is 0 Å². The summed E-state index contributed by atoms with van der Waals surface area (Å²) in [6, 6.07) is 11.3. The summed E-state index contributed by atoms with van der Waals surface area (Å²) >= 11 is 0. The molecule has 0 saturated carbocycles. The number of hydrogen-bond acceptors (Lipinski definition) is 5. The van der Waals surface area contributed by atoms with Crippen LogP contribution in [0.4, 0.5) is 0 Å². The Kier molecular flexibility index (Phi) is 4.97. The normalized spacial score (nSPS) is 19.1. The van der Waals surface area contributed by atoms with E-state index in [1.54, 1.807) is 0 Å².